The minimum atomic E-state index is -0.629. The number of rotatable bonds is 9. The number of carboxylic acids is 1. The summed E-state index contributed by atoms with van der Waals surface area (Å²) < 4.78 is 0. The fourth-order valence-corrected chi connectivity index (χ4v) is 4.83. The van der Waals surface area contributed by atoms with Gasteiger partial charge in [0.15, 0.2) is 0 Å². The highest BCUT2D eigenvalue weighted by molar-refractivity contribution is 5.67. The van der Waals surface area contributed by atoms with Gasteiger partial charge in [0.05, 0.1) is 0 Å². The Bertz CT molecular complexity index is 550. The molecule has 27 heavy (non-hydrogen) atoms. The van der Waals surface area contributed by atoms with Crippen molar-refractivity contribution in [3.8, 4) is 0 Å². The molecular weight excluding hydrogens is 338 g/mol. The number of likely N-dealkylation sites (tertiary alicyclic amines) is 1. The van der Waals surface area contributed by atoms with Crippen LogP contribution in [-0.4, -0.2) is 46.6 Å². The van der Waals surface area contributed by atoms with Crippen molar-refractivity contribution in [2.24, 2.45) is 11.8 Å². The van der Waals surface area contributed by atoms with Gasteiger partial charge in [0.25, 0.3) is 0 Å². The number of aromatic nitrogens is 1. The Hall–Kier alpha value is -1.62. The lowest BCUT2D eigenvalue weighted by molar-refractivity contribution is -0.138. The van der Waals surface area contributed by atoms with Crippen LogP contribution in [-0.2, 0) is 4.79 Å². The number of nitrogens with one attached hydrogen (secondary N) is 1. The van der Waals surface area contributed by atoms with Crippen LogP contribution in [0.1, 0.15) is 64.2 Å². The molecule has 5 nitrogen and oxygen atoms in total. The van der Waals surface area contributed by atoms with E-state index in [0.717, 1.165) is 31.0 Å². The average molecular weight is 374 g/mol. The number of unbranched alkanes of at least 4 members (excludes halogenated alkanes) is 1. The Morgan fingerprint density at radius 1 is 1.04 bits per heavy atom. The zero-order valence-corrected chi connectivity index (χ0v) is 16.5. The number of carboxylic acid groups (broad SMARTS) is 1. The second-order valence-corrected chi connectivity index (χ2v) is 8.41. The first-order chi connectivity index (χ1) is 13.2. The van der Waals surface area contributed by atoms with Gasteiger partial charge in [0, 0.05) is 37.1 Å². The first-order valence-corrected chi connectivity index (χ1v) is 10.8. The fourth-order valence-electron chi connectivity index (χ4n) is 4.83. The van der Waals surface area contributed by atoms with Crippen molar-refractivity contribution in [3.05, 3.63) is 24.5 Å². The summed E-state index contributed by atoms with van der Waals surface area (Å²) in [5.74, 6) is 0.679. The molecule has 2 heterocycles. The Labute approximate surface area is 163 Å². The summed E-state index contributed by atoms with van der Waals surface area (Å²) in [6.07, 6.45) is 15.2. The molecule has 0 radical (unpaired) electrons. The quantitative estimate of drug-likeness (QED) is 0.628. The van der Waals surface area contributed by atoms with Gasteiger partial charge in [-0.1, -0.05) is 12.8 Å². The number of aliphatic carboxylic acids is 1. The topological polar surface area (TPSA) is 65.5 Å². The molecule has 150 valence electrons. The van der Waals surface area contributed by atoms with E-state index in [9.17, 15) is 4.79 Å². The average Bonchev–Trinajstić information content (AvgIpc) is 2.69. The molecule has 2 fully saturated rings. The molecule has 1 aromatic rings. The normalized spacial score (nSPS) is 24.6. The van der Waals surface area contributed by atoms with Crippen molar-refractivity contribution in [1.29, 1.82) is 0 Å². The van der Waals surface area contributed by atoms with E-state index in [4.69, 9.17) is 5.11 Å². The molecule has 5 heteroatoms. The van der Waals surface area contributed by atoms with Crippen molar-refractivity contribution in [2.75, 3.05) is 25.0 Å². The number of carbonyl (C=O) groups is 1. The van der Waals surface area contributed by atoms with Gasteiger partial charge in [0.2, 0.25) is 0 Å². The van der Waals surface area contributed by atoms with Crippen LogP contribution in [0.3, 0.4) is 0 Å². The highest BCUT2D eigenvalue weighted by atomic mass is 16.4. The Balaban J connectivity index is 1.24. The number of pyridine rings is 1. The van der Waals surface area contributed by atoms with Gasteiger partial charge in [-0.3, -0.25) is 9.78 Å². The lowest BCUT2D eigenvalue weighted by Crippen LogP contribution is -2.43. The van der Waals surface area contributed by atoms with E-state index < -0.39 is 5.97 Å². The molecule has 1 aliphatic carbocycles. The molecule has 0 bridgehead atoms. The van der Waals surface area contributed by atoms with Gasteiger partial charge in [-0.05, 0) is 82.0 Å². The van der Waals surface area contributed by atoms with Crippen molar-refractivity contribution in [1.82, 2.24) is 9.88 Å². The van der Waals surface area contributed by atoms with Crippen LogP contribution in [0, 0.1) is 11.8 Å². The number of piperidine rings is 1. The minimum Gasteiger partial charge on any atom is -0.481 e. The SMILES string of the molecule is O=C(O)CC1CCC(N2CCC(CCCCNc3ccncc3)CC2)CC1. The zero-order valence-electron chi connectivity index (χ0n) is 16.5. The van der Waals surface area contributed by atoms with E-state index in [1.807, 2.05) is 24.5 Å². The first kappa shape index (κ1) is 20.1. The molecule has 3 rings (SSSR count). The van der Waals surface area contributed by atoms with E-state index in [0.29, 0.717) is 18.4 Å². The van der Waals surface area contributed by atoms with Crippen molar-refractivity contribution in [2.45, 2.75) is 70.3 Å². The maximum absolute atomic E-state index is 10.9. The molecule has 2 aliphatic rings. The smallest absolute Gasteiger partial charge is 0.303 e. The third-order valence-electron chi connectivity index (χ3n) is 6.49. The molecule has 0 amide bonds. The molecule has 1 aliphatic heterocycles. The van der Waals surface area contributed by atoms with Crippen LogP contribution >= 0.6 is 0 Å². The van der Waals surface area contributed by atoms with Crippen molar-refractivity contribution >= 4 is 11.7 Å². The summed E-state index contributed by atoms with van der Waals surface area (Å²) in [7, 11) is 0. The number of nitrogens with zero attached hydrogens (tertiary/aromatic N) is 2. The molecule has 0 atom stereocenters. The Morgan fingerprint density at radius 3 is 2.41 bits per heavy atom. The van der Waals surface area contributed by atoms with Crippen molar-refractivity contribution < 1.29 is 9.90 Å². The lowest BCUT2D eigenvalue weighted by Gasteiger charge is -2.40. The lowest BCUT2D eigenvalue weighted by atomic mass is 9.82. The summed E-state index contributed by atoms with van der Waals surface area (Å²) in [5, 5.41) is 12.4. The number of hydrogen-bond acceptors (Lipinski definition) is 4. The molecule has 0 unspecified atom stereocenters. The second kappa shape index (κ2) is 10.6. The minimum absolute atomic E-state index is 0.366. The number of anilines is 1. The maximum Gasteiger partial charge on any atom is 0.303 e. The third-order valence-corrected chi connectivity index (χ3v) is 6.49. The van der Waals surface area contributed by atoms with Gasteiger partial charge in [-0.25, -0.2) is 0 Å². The summed E-state index contributed by atoms with van der Waals surface area (Å²) >= 11 is 0. The van der Waals surface area contributed by atoms with E-state index in [2.05, 4.69) is 15.2 Å². The predicted octanol–water partition coefficient (Wildman–Crippen LogP) is 4.41. The van der Waals surface area contributed by atoms with Crippen LogP contribution in [0.25, 0.3) is 0 Å². The highest BCUT2D eigenvalue weighted by Gasteiger charge is 2.29. The van der Waals surface area contributed by atoms with Gasteiger partial charge in [0.1, 0.15) is 0 Å². The van der Waals surface area contributed by atoms with Crippen molar-refractivity contribution in [3.63, 3.8) is 0 Å². The monoisotopic (exact) mass is 373 g/mol. The Kier molecular flexibility index (Phi) is 7.93. The third kappa shape index (κ3) is 6.80. The molecule has 1 saturated heterocycles. The molecule has 1 aromatic heterocycles. The molecule has 2 N–H and O–H groups in total. The zero-order chi connectivity index (χ0) is 18.9. The van der Waals surface area contributed by atoms with E-state index in [1.165, 1.54) is 58.0 Å². The molecule has 1 saturated carbocycles. The maximum atomic E-state index is 10.9. The Morgan fingerprint density at radius 2 is 1.74 bits per heavy atom. The van der Waals surface area contributed by atoms with E-state index in [-0.39, 0.29) is 0 Å². The second-order valence-electron chi connectivity index (χ2n) is 8.41. The fraction of sp³-hybridized carbons (Fsp3) is 0.727. The van der Waals surface area contributed by atoms with E-state index >= 15 is 0 Å². The number of hydrogen-bond donors (Lipinski definition) is 2. The highest BCUT2D eigenvalue weighted by Crippen LogP contribution is 2.32. The van der Waals surface area contributed by atoms with Crippen LogP contribution < -0.4 is 5.32 Å². The summed E-state index contributed by atoms with van der Waals surface area (Å²) in [4.78, 5) is 17.6. The summed E-state index contributed by atoms with van der Waals surface area (Å²) in [6, 6.07) is 4.75. The van der Waals surface area contributed by atoms with Crippen LogP contribution in [0.15, 0.2) is 24.5 Å². The van der Waals surface area contributed by atoms with Crippen LogP contribution in [0.5, 0.6) is 0 Å². The van der Waals surface area contributed by atoms with E-state index in [1.54, 1.807) is 0 Å². The van der Waals surface area contributed by atoms with Crippen LogP contribution in [0.2, 0.25) is 0 Å². The van der Waals surface area contributed by atoms with Gasteiger partial charge in [-0.2, -0.15) is 0 Å². The summed E-state index contributed by atoms with van der Waals surface area (Å²) in [6.45, 7) is 3.53. The van der Waals surface area contributed by atoms with Gasteiger partial charge in [-0.15, -0.1) is 0 Å². The molecule has 0 spiro atoms. The van der Waals surface area contributed by atoms with Gasteiger partial charge < -0.3 is 15.3 Å². The molecular formula is C22H35N3O2. The predicted molar refractivity (Wildman–Crippen MR) is 109 cm³/mol. The van der Waals surface area contributed by atoms with Gasteiger partial charge >= 0.3 is 5.97 Å². The first-order valence-electron chi connectivity index (χ1n) is 10.8. The standard InChI is InChI=1S/C22H35N3O2/c26-22(27)17-19-4-6-21(7-5-19)25-15-10-18(11-16-25)3-1-2-12-24-20-8-13-23-14-9-20/h8-9,13-14,18-19,21H,1-7,10-12,15-17H2,(H,23,24)(H,26,27). The summed E-state index contributed by atoms with van der Waals surface area (Å²) in [5.41, 5.74) is 1.16. The van der Waals surface area contributed by atoms with Crippen LogP contribution in [0.4, 0.5) is 5.69 Å². The molecule has 0 aromatic carbocycles. The largest absolute Gasteiger partial charge is 0.481 e.